The predicted molar refractivity (Wildman–Crippen MR) is 495 cm³/mol. The summed E-state index contributed by atoms with van der Waals surface area (Å²) in [4.78, 5) is 40.5. The van der Waals surface area contributed by atoms with Gasteiger partial charge in [-0.1, -0.05) is 231 Å². The minimum Gasteiger partial charge on any atom is -0.394 e. The van der Waals surface area contributed by atoms with E-state index in [4.69, 9.17) is 75.8 Å². The molecule has 0 saturated carbocycles. The minimum atomic E-state index is -2.42. The third kappa shape index (κ3) is 37.0. The van der Waals surface area contributed by atoms with Crippen LogP contribution in [0.4, 0.5) is 0 Å². The lowest BCUT2D eigenvalue weighted by atomic mass is 9.93. The zero-order valence-corrected chi connectivity index (χ0v) is 82.6. The molecule has 45 nitrogen and oxygen atoms in total. The minimum absolute atomic E-state index is 0.153. The number of hydrogen-bond acceptors (Lipinski definition) is 42. The van der Waals surface area contributed by atoms with Gasteiger partial charge in [-0.2, -0.15) is 0 Å². The van der Waals surface area contributed by atoms with Crippen LogP contribution in [0.2, 0.25) is 0 Å². The standard InChI is InChI=1S/C96H173N3O42/c1-6-8-10-12-14-16-18-20-21-22-23-24-25-26-27-28-29-31-33-35-37-39-41-43-64(109)99-55(56(108)42-40-38-36-34-32-30-19-17-15-13-11-9-7-2)50-126-91-80(123)75(118)83(60(47-103)133-91)136-95-81(124)76(119)84(61(48-104)134-95)137-96-82(125)88(70(113)59(46-102)131-96)141-90-65(97-53(4)106)86(139-94-79(122)74(117)69(112)58(45-101)130-94)71(114)63(135-90)51-127-89-66(98-54(5)107)87(140-92-77(120)72(115)67(110)52(3)128-92)85(62(49-105)132-89)138-93-78(121)73(116)68(111)57(44-100)129-93/h40,42,52,55-63,65-96,100-105,108,110-125H,6-39,41,43-51H2,1-5H3,(H,97,106)(H,98,107)(H,99,109)/b42-40+/t52?,55-,56+,57?,58?,59?,60?,61?,62?,63?,65?,66?,67+,68-,69-,70-,71-,72?,73-,74-,75+,76+,77-,78?,79?,80?,81?,82?,83+,84-,85+,86+,87+,88-,89+,90-,91+,92+,93-,94-,95-,96-/m0/s1. The summed E-state index contributed by atoms with van der Waals surface area (Å²) in [7, 11) is 0. The number of carbonyl (C=O) groups is 3. The Kier molecular flexibility index (Phi) is 56.6. The maximum absolute atomic E-state index is 13.7. The van der Waals surface area contributed by atoms with Crippen molar-refractivity contribution in [2.45, 2.75) is 523 Å². The number of ether oxygens (including phenoxy) is 16. The Labute approximate surface area is 826 Å². The van der Waals surface area contributed by atoms with E-state index in [9.17, 15) is 132 Å². The van der Waals surface area contributed by atoms with Gasteiger partial charge >= 0.3 is 0 Å². The molecular weight excluding hydrogens is 1870 g/mol. The highest BCUT2D eigenvalue weighted by Crippen LogP contribution is 2.40. The quantitative estimate of drug-likeness (QED) is 0.0219. The van der Waals surface area contributed by atoms with Crippen LogP contribution in [0.1, 0.15) is 266 Å². The second kappa shape index (κ2) is 65.0. The van der Waals surface area contributed by atoms with Gasteiger partial charge in [-0.25, -0.2) is 0 Å². The molecular formula is C96H173N3O42. The van der Waals surface area contributed by atoms with Crippen LogP contribution in [0.15, 0.2) is 12.2 Å². The fourth-order valence-corrected chi connectivity index (χ4v) is 19.3. The van der Waals surface area contributed by atoms with Crippen molar-refractivity contribution in [3.63, 3.8) is 0 Å². The van der Waals surface area contributed by atoms with Crippen molar-refractivity contribution in [3.05, 3.63) is 12.2 Å². The van der Waals surface area contributed by atoms with Gasteiger partial charge in [-0.05, 0) is 26.2 Å². The first-order valence-electron chi connectivity index (χ1n) is 51.8. The summed E-state index contributed by atoms with van der Waals surface area (Å²) in [6.45, 7) is -0.251. The fraction of sp³-hybridized carbons (Fsp3) is 0.948. The Morgan fingerprint density at radius 2 is 0.610 bits per heavy atom. The van der Waals surface area contributed by atoms with Crippen LogP contribution < -0.4 is 16.0 Å². The number of unbranched alkanes of at least 4 members (excludes halogenated alkanes) is 33. The Morgan fingerprint density at radius 3 is 1.04 bits per heavy atom. The summed E-state index contributed by atoms with van der Waals surface area (Å²) in [6, 6.07) is -4.96. The molecule has 8 saturated heterocycles. The van der Waals surface area contributed by atoms with E-state index in [0.29, 0.717) is 12.8 Å². The molecule has 0 aromatic rings. The van der Waals surface area contributed by atoms with Crippen LogP contribution in [-0.4, -0.2) is 446 Å². The molecule has 824 valence electrons. The van der Waals surface area contributed by atoms with E-state index < -0.39 is 322 Å². The topological polar surface area (TPSA) is 700 Å². The number of aliphatic hydroxyl groups is 23. The van der Waals surface area contributed by atoms with Gasteiger partial charge in [0.15, 0.2) is 50.3 Å². The van der Waals surface area contributed by atoms with Crippen molar-refractivity contribution in [2.75, 3.05) is 52.9 Å². The number of nitrogens with one attached hydrogen (secondary N) is 3. The molecule has 0 bridgehead atoms. The van der Waals surface area contributed by atoms with Gasteiger partial charge in [-0.15, -0.1) is 0 Å². The fourth-order valence-electron chi connectivity index (χ4n) is 19.3. The van der Waals surface area contributed by atoms with Gasteiger partial charge in [0.25, 0.3) is 0 Å². The summed E-state index contributed by atoms with van der Waals surface area (Å²) >= 11 is 0. The molecule has 8 aliphatic rings. The van der Waals surface area contributed by atoms with Crippen LogP contribution in [0, 0.1) is 0 Å². The Bertz CT molecular complexity index is 3400. The molecule has 26 N–H and O–H groups in total. The molecule has 3 amide bonds. The highest BCUT2D eigenvalue weighted by atomic mass is 16.8. The van der Waals surface area contributed by atoms with Gasteiger partial charge < -0.3 is 209 Å². The van der Waals surface area contributed by atoms with Crippen LogP contribution in [0.5, 0.6) is 0 Å². The summed E-state index contributed by atoms with van der Waals surface area (Å²) in [6.07, 6.45) is -32.7. The average molecular weight is 2040 g/mol. The largest absolute Gasteiger partial charge is 0.394 e. The van der Waals surface area contributed by atoms with E-state index in [1.165, 1.54) is 167 Å². The van der Waals surface area contributed by atoms with Crippen LogP contribution >= 0.6 is 0 Å². The van der Waals surface area contributed by atoms with Gasteiger partial charge in [0, 0.05) is 20.3 Å². The highest BCUT2D eigenvalue weighted by molar-refractivity contribution is 5.76. The molecule has 0 aromatic carbocycles. The number of hydrogen-bond donors (Lipinski definition) is 26. The zero-order chi connectivity index (χ0) is 103. The van der Waals surface area contributed by atoms with E-state index in [1.807, 2.05) is 6.08 Å². The molecule has 8 fully saturated rings. The summed E-state index contributed by atoms with van der Waals surface area (Å²) in [5.41, 5.74) is 0. The smallest absolute Gasteiger partial charge is 0.220 e. The molecule has 45 heteroatoms. The van der Waals surface area contributed by atoms with Crippen LogP contribution in [-0.2, 0) is 90.2 Å². The van der Waals surface area contributed by atoms with Gasteiger partial charge in [0.2, 0.25) is 17.7 Å². The van der Waals surface area contributed by atoms with E-state index in [0.717, 1.165) is 65.2 Å². The first-order valence-corrected chi connectivity index (χ1v) is 51.8. The lowest BCUT2D eigenvalue weighted by Gasteiger charge is -2.51. The third-order valence-corrected chi connectivity index (χ3v) is 27.9. The number of allylic oxidation sites excluding steroid dienone is 1. The average Bonchev–Trinajstić information content (AvgIpc) is 0.768. The van der Waals surface area contributed by atoms with E-state index in [2.05, 4.69) is 29.8 Å². The van der Waals surface area contributed by atoms with Gasteiger partial charge in [-0.3, -0.25) is 14.4 Å². The van der Waals surface area contributed by atoms with E-state index in [-0.39, 0.29) is 12.3 Å². The molecule has 0 radical (unpaired) electrons. The second-order valence-corrected chi connectivity index (χ2v) is 39.1. The van der Waals surface area contributed by atoms with Gasteiger partial charge in [0.1, 0.15) is 189 Å². The third-order valence-electron chi connectivity index (χ3n) is 27.9. The Hall–Kier alpha value is -3.41. The van der Waals surface area contributed by atoms with Crippen LogP contribution in [0.25, 0.3) is 0 Å². The molecule has 0 aromatic heterocycles. The highest BCUT2D eigenvalue weighted by Gasteiger charge is 2.61. The maximum atomic E-state index is 13.7. The monoisotopic (exact) mass is 2040 g/mol. The molecule has 16 unspecified atom stereocenters. The van der Waals surface area contributed by atoms with E-state index in [1.54, 1.807) is 6.08 Å². The first-order chi connectivity index (χ1) is 67.7. The van der Waals surface area contributed by atoms with E-state index >= 15 is 0 Å². The lowest BCUT2D eigenvalue weighted by Crippen LogP contribution is -2.71. The number of rotatable bonds is 65. The van der Waals surface area contributed by atoms with Crippen molar-refractivity contribution in [2.24, 2.45) is 0 Å². The molecule has 0 spiro atoms. The number of aliphatic hydroxyl groups excluding tert-OH is 23. The normalized spacial score (nSPS) is 38.6. The van der Waals surface area contributed by atoms with Crippen molar-refractivity contribution in [1.29, 1.82) is 0 Å². The maximum Gasteiger partial charge on any atom is 0.220 e. The summed E-state index contributed by atoms with van der Waals surface area (Å²) in [5.74, 6) is -2.26. The zero-order valence-electron chi connectivity index (χ0n) is 82.6. The first kappa shape index (κ1) is 123. The SMILES string of the molecule is CCCCCCCCCCCCC/C=C/[C@@H](O)[C@H](CO[C@@H]1OC(CO)[C@@H](O[C@@H]2OC(CO)[C@H](O[C@@H]3OC(CO)[C@H](O)[C@H](O[C@@H]4OC(CO[C@@H]5OC(CO)[C@@H](O[C@@H]6OC(CO)[C@H](O)[C@H](O)C6O)[C@H](O[C@H]6OC(C)[C@@H](O)C(O)[C@@H]6O)C5NC(C)=O)[C@H](O)[C@H](O[C@@H]5OC(CO)[C@H](O)[C@H](O)C5O)C4NC(C)=O)C3O)[C@H](O)C2O)[C@H](O)C1O)NC(=O)CCCCCCCCCCCCCCCCCCCCCCCCC. The molecule has 141 heavy (non-hydrogen) atoms. The molecule has 0 aliphatic carbocycles. The Morgan fingerprint density at radius 1 is 0.298 bits per heavy atom. The second-order valence-electron chi connectivity index (χ2n) is 39.1. The number of amides is 3. The Balaban J connectivity index is 0.927. The molecule has 8 rings (SSSR count). The molecule has 8 heterocycles. The van der Waals surface area contributed by atoms with Crippen molar-refractivity contribution < 1.29 is 208 Å². The van der Waals surface area contributed by atoms with Crippen LogP contribution in [0.3, 0.4) is 0 Å². The van der Waals surface area contributed by atoms with Gasteiger partial charge in [0.05, 0.1) is 71.1 Å². The predicted octanol–water partition coefficient (Wildman–Crippen LogP) is -2.63. The lowest BCUT2D eigenvalue weighted by molar-refractivity contribution is -0.391. The van der Waals surface area contributed by atoms with Crippen molar-refractivity contribution >= 4 is 17.7 Å². The summed E-state index contributed by atoms with van der Waals surface area (Å²) < 4.78 is 96.6. The van der Waals surface area contributed by atoms with Crippen molar-refractivity contribution in [1.82, 2.24) is 16.0 Å². The number of carbonyl (C=O) groups excluding carboxylic acids is 3. The molecule has 42 atom stereocenters. The summed E-state index contributed by atoms with van der Waals surface area (Å²) in [5, 5.41) is 267. The molecule has 8 aliphatic heterocycles. The van der Waals surface area contributed by atoms with Crippen molar-refractivity contribution in [3.8, 4) is 0 Å².